The Labute approximate surface area is 108 Å². The first kappa shape index (κ1) is 13.0. The summed E-state index contributed by atoms with van der Waals surface area (Å²) in [4.78, 5) is 12.8. The molecule has 0 fully saturated rings. The van der Waals surface area contributed by atoms with E-state index in [1.807, 2.05) is 0 Å². The first-order valence-electron chi connectivity index (χ1n) is 5.12. The number of aromatic carboxylic acids is 1. The third-order valence-electron chi connectivity index (χ3n) is 2.34. The fourth-order valence-electron chi connectivity index (χ4n) is 1.44. The third-order valence-corrected chi connectivity index (χ3v) is 3.66. The van der Waals surface area contributed by atoms with Gasteiger partial charge in [-0.05, 0) is 30.3 Å². The minimum absolute atomic E-state index is 0.253. The summed E-state index contributed by atoms with van der Waals surface area (Å²) in [5.41, 5.74) is -0.476. The van der Waals surface area contributed by atoms with Crippen LogP contribution in [0, 0.1) is 0 Å². The van der Waals surface area contributed by atoms with Crippen molar-refractivity contribution >= 4 is 16.0 Å². The van der Waals surface area contributed by atoms with Gasteiger partial charge < -0.3 is 10.2 Å². The van der Waals surface area contributed by atoms with Gasteiger partial charge >= 0.3 is 5.97 Å². The summed E-state index contributed by atoms with van der Waals surface area (Å²) in [5, 5.41) is 18.2. The summed E-state index contributed by atoms with van der Waals surface area (Å²) in [7, 11) is -3.92. The van der Waals surface area contributed by atoms with Gasteiger partial charge in [-0.15, -0.1) is 0 Å². The first-order chi connectivity index (χ1) is 8.90. The highest BCUT2D eigenvalue weighted by molar-refractivity contribution is 7.92. The molecule has 2 aromatic rings. The number of aromatic hydroxyl groups is 1. The Hall–Kier alpha value is -2.48. The molecule has 0 radical (unpaired) electrons. The number of aromatic nitrogens is 1. The quantitative estimate of drug-likeness (QED) is 0.769. The zero-order valence-electron chi connectivity index (χ0n) is 9.52. The van der Waals surface area contributed by atoms with Gasteiger partial charge in [-0.1, -0.05) is 0 Å². The van der Waals surface area contributed by atoms with Gasteiger partial charge in [0, 0.05) is 12.4 Å². The molecule has 100 valence electrons. The molecular weight excluding hydrogens is 272 g/mol. The lowest BCUT2D eigenvalue weighted by atomic mass is 10.2. The second kappa shape index (κ2) is 4.65. The Bertz CT molecular complexity index is 707. The predicted octanol–water partition coefficient (Wildman–Crippen LogP) is 0.824. The van der Waals surface area contributed by atoms with Gasteiger partial charge in [0.15, 0.2) is 0 Å². The second-order valence-corrected chi connectivity index (χ2v) is 5.33. The van der Waals surface area contributed by atoms with Crippen LogP contribution < -0.4 is 4.83 Å². The average Bonchev–Trinajstić information content (AvgIpc) is 2.80. The molecule has 0 saturated carbocycles. The maximum Gasteiger partial charge on any atom is 0.339 e. The molecule has 3 N–H and O–H groups in total. The number of sulfonamides is 1. The van der Waals surface area contributed by atoms with Gasteiger partial charge in [0.25, 0.3) is 10.0 Å². The van der Waals surface area contributed by atoms with Crippen LogP contribution in [0.15, 0.2) is 47.6 Å². The Kier molecular flexibility index (Phi) is 3.17. The highest BCUT2D eigenvalue weighted by Crippen LogP contribution is 2.21. The minimum Gasteiger partial charge on any atom is -0.507 e. The van der Waals surface area contributed by atoms with Crippen molar-refractivity contribution in [3.8, 4) is 5.75 Å². The molecule has 1 aromatic carbocycles. The van der Waals surface area contributed by atoms with Crippen LogP contribution in [0.3, 0.4) is 0 Å². The molecule has 19 heavy (non-hydrogen) atoms. The van der Waals surface area contributed by atoms with E-state index < -0.39 is 27.3 Å². The predicted molar refractivity (Wildman–Crippen MR) is 66.0 cm³/mol. The maximum atomic E-state index is 12.0. The molecule has 0 bridgehead atoms. The number of carboxylic acids is 1. The smallest absolute Gasteiger partial charge is 0.339 e. The van der Waals surface area contributed by atoms with E-state index in [9.17, 15) is 18.3 Å². The summed E-state index contributed by atoms with van der Waals surface area (Å²) in [6, 6.07) is 6.29. The number of rotatable bonds is 4. The van der Waals surface area contributed by atoms with Gasteiger partial charge in [-0.25, -0.2) is 9.63 Å². The van der Waals surface area contributed by atoms with Crippen LogP contribution in [0.4, 0.5) is 0 Å². The summed E-state index contributed by atoms with van der Waals surface area (Å²) >= 11 is 0. The largest absolute Gasteiger partial charge is 0.507 e. The Morgan fingerprint density at radius 2 is 1.84 bits per heavy atom. The number of hydrogen-bond acceptors (Lipinski definition) is 4. The topological polar surface area (TPSA) is 109 Å². The number of carbonyl (C=O) groups is 1. The number of hydrogen-bond donors (Lipinski definition) is 3. The lowest BCUT2D eigenvalue weighted by Crippen LogP contribution is -2.22. The molecule has 0 aliphatic rings. The number of nitrogens with one attached hydrogen (secondary N) is 1. The van der Waals surface area contributed by atoms with Gasteiger partial charge in [-0.3, -0.25) is 4.68 Å². The summed E-state index contributed by atoms with van der Waals surface area (Å²) in [6.07, 6.45) is 2.96. The van der Waals surface area contributed by atoms with E-state index in [0.717, 1.165) is 18.2 Å². The molecule has 0 amide bonds. The van der Waals surface area contributed by atoms with E-state index in [2.05, 4.69) is 4.83 Å². The lowest BCUT2D eigenvalue weighted by molar-refractivity contribution is 0.0693. The third kappa shape index (κ3) is 2.68. The summed E-state index contributed by atoms with van der Waals surface area (Å²) < 4.78 is 25.2. The zero-order valence-corrected chi connectivity index (χ0v) is 10.3. The van der Waals surface area contributed by atoms with E-state index in [1.54, 1.807) is 12.1 Å². The van der Waals surface area contributed by atoms with E-state index in [4.69, 9.17) is 5.11 Å². The van der Waals surface area contributed by atoms with Crippen LogP contribution in [-0.4, -0.2) is 29.3 Å². The Morgan fingerprint density at radius 3 is 2.42 bits per heavy atom. The number of carboxylic acid groups (broad SMARTS) is 1. The van der Waals surface area contributed by atoms with E-state index in [1.165, 1.54) is 17.1 Å². The van der Waals surface area contributed by atoms with Crippen molar-refractivity contribution in [2.75, 3.05) is 4.83 Å². The summed E-state index contributed by atoms with van der Waals surface area (Å²) in [5.74, 6) is -1.90. The Balaban J connectivity index is 2.41. The molecule has 1 heterocycles. The molecule has 0 aliphatic heterocycles. The van der Waals surface area contributed by atoms with Crippen molar-refractivity contribution in [2.45, 2.75) is 4.90 Å². The van der Waals surface area contributed by atoms with Crippen molar-refractivity contribution in [2.24, 2.45) is 0 Å². The van der Waals surface area contributed by atoms with Gasteiger partial charge in [0.2, 0.25) is 0 Å². The molecule has 1 aromatic heterocycles. The highest BCUT2D eigenvalue weighted by Gasteiger charge is 2.18. The number of phenols is 1. The van der Waals surface area contributed by atoms with Crippen LogP contribution in [0.25, 0.3) is 0 Å². The molecule has 2 rings (SSSR count). The molecule has 0 atom stereocenters. The van der Waals surface area contributed by atoms with Crippen molar-refractivity contribution in [1.29, 1.82) is 0 Å². The SMILES string of the molecule is O=C(O)c1cc(S(=O)(=O)Nn2cccc2)ccc1O. The first-order valence-corrected chi connectivity index (χ1v) is 6.60. The van der Waals surface area contributed by atoms with Gasteiger partial charge in [0.1, 0.15) is 11.3 Å². The van der Waals surface area contributed by atoms with Crippen LogP contribution in [0.2, 0.25) is 0 Å². The molecule has 7 nitrogen and oxygen atoms in total. The molecule has 0 spiro atoms. The standard InChI is InChI=1S/C11H10N2O5S/c14-10-4-3-8(7-9(10)11(15)16)19(17,18)12-13-5-1-2-6-13/h1-7,12,14H,(H,15,16). The van der Waals surface area contributed by atoms with Crippen LogP contribution in [-0.2, 0) is 10.0 Å². The average molecular weight is 282 g/mol. The molecule has 0 saturated heterocycles. The normalized spacial score (nSPS) is 11.2. The van der Waals surface area contributed by atoms with E-state index >= 15 is 0 Å². The summed E-state index contributed by atoms with van der Waals surface area (Å²) in [6.45, 7) is 0. The highest BCUT2D eigenvalue weighted by atomic mass is 32.2. The molecular formula is C11H10N2O5S. The number of nitrogens with zero attached hydrogens (tertiary/aromatic N) is 1. The maximum absolute atomic E-state index is 12.0. The Morgan fingerprint density at radius 1 is 1.21 bits per heavy atom. The van der Waals surface area contributed by atoms with E-state index in [0.29, 0.717) is 0 Å². The molecule has 8 heteroatoms. The molecule has 0 unspecified atom stereocenters. The monoisotopic (exact) mass is 282 g/mol. The van der Waals surface area contributed by atoms with Crippen molar-refractivity contribution in [3.05, 3.63) is 48.3 Å². The minimum atomic E-state index is -3.92. The van der Waals surface area contributed by atoms with Crippen LogP contribution in [0.1, 0.15) is 10.4 Å². The molecule has 0 aliphatic carbocycles. The van der Waals surface area contributed by atoms with Crippen molar-refractivity contribution < 1.29 is 23.4 Å². The number of benzene rings is 1. The van der Waals surface area contributed by atoms with Crippen molar-refractivity contribution in [1.82, 2.24) is 4.68 Å². The zero-order chi connectivity index (χ0) is 14.0. The second-order valence-electron chi connectivity index (χ2n) is 3.67. The fraction of sp³-hybridized carbons (Fsp3) is 0. The fourth-order valence-corrected chi connectivity index (χ4v) is 2.47. The van der Waals surface area contributed by atoms with Crippen LogP contribution >= 0.6 is 0 Å². The van der Waals surface area contributed by atoms with Crippen molar-refractivity contribution in [3.63, 3.8) is 0 Å². The van der Waals surface area contributed by atoms with E-state index in [-0.39, 0.29) is 4.90 Å². The van der Waals surface area contributed by atoms with Gasteiger partial charge in [0.05, 0.1) is 4.90 Å². The lowest BCUT2D eigenvalue weighted by Gasteiger charge is -2.09. The van der Waals surface area contributed by atoms with Crippen LogP contribution in [0.5, 0.6) is 5.75 Å². The van der Waals surface area contributed by atoms with Gasteiger partial charge in [-0.2, -0.15) is 8.42 Å².